The Morgan fingerprint density at radius 2 is 1.26 bits per heavy atom. The number of benzene rings is 4. The van der Waals surface area contributed by atoms with Crippen LogP contribution < -0.4 is 14.2 Å². The van der Waals surface area contributed by atoms with Gasteiger partial charge in [-0.3, -0.25) is 0 Å². The summed E-state index contributed by atoms with van der Waals surface area (Å²) < 4.78 is 121. The summed E-state index contributed by atoms with van der Waals surface area (Å²) >= 11 is 0. The van der Waals surface area contributed by atoms with Crippen LogP contribution in [0.3, 0.4) is 0 Å². The molecule has 1 aromatic heterocycles. The average Bonchev–Trinajstić information content (AvgIpc) is 3.68. The number of ether oxygens (including phenoxy) is 3. The first kappa shape index (κ1) is 31.4. The summed E-state index contributed by atoms with van der Waals surface area (Å²) in [6.45, 7) is 0. The summed E-state index contributed by atoms with van der Waals surface area (Å²) in [4.78, 5) is 0. The van der Waals surface area contributed by atoms with E-state index >= 15 is 26.3 Å². The summed E-state index contributed by atoms with van der Waals surface area (Å²) in [5, 5.41) is 19.1. The third kappa shape index (κ3) is 3.73. The molecule has 2 unspecified atom stereocenters. The Labute approximate surface area is 280 Å². The highest BCUT2D eigenvalue weighted by atomic mass is 19.3. The highest BCUT2D eigenvalue weighted by Crippen LogP contribution is 2.71. The molecule has 0 saturated carbocycles. The standard InChI is InChI=1S/C38H22F6N2O4/c1-47-23-11-13-25-27(15-23)49-33-29(25)31-32(37(41,42)38(43,44)36(31,39)40)30-26-14-12-24(48-2)16-28(26)50-34(30)35(33,21-7-3-19(17-45)4-8-21)22-9-5-20(18-46)6-10-22/h3-16,29,33H,1-2H3. The fourth-order valence-corrected chi connectivity index (χ4v) is 7.74. The molecule has 1 aliphatic heterocycles. The molecule has 0 N–H and O–H groups in total. The molecule has 12 heteroatoms. The topological polar surface area (TPSA) is 88.4 Å². The molecule has 0 saturated heterocycles. The summed E-state index contributed by atoms with van der Waals surface area (Å²) in [5.41, 5.74) is -4.82. The molecular formula is C38H22F6N2O4. The first-order valence-corrected chi connectivity index (χ1v) is 15.2. The van der Waals surface area contributed by atoms with Gasteiger partial charge in [0.1, 0.15) is 40.1 Å². The Balaban J connectivity index is 1.62. The number of methoxy groups -OCH3 is 2. The van der Waals surface area contributed by atoms with Crippen molar-refractivity contribution in [3.8, 4) is 29.4 Å². The van der Waals surface area contributed by atoms with Gasteiger partial charge in [-0.25, -0.2) is 0 Å². The number of nitrogens with zero attached hydrogens (tertiary/aromatic N) is 2. The van der Waals surface area contributed by atoms with Crippen molar-refractivity contribution in [1.29, 1.82) is 10.5 Å². The molecule has 0 spiro atoms. The van der Waals surface area contributed by atoms with Gasteiger partial charge in [0.05, 0.1) is 43.4 Å². The number of nitriles is 2. The predicted molar refractivity (Wildman–Crippen MR) is 167 cm³/mol. The van der Waals surface area contributed by atoms with Gasteiger partial charge in [-0.1, -0.05) is 30.3 Å². The maximum Gasteiger partial charge on any atom is 0.380 e. The second kappa shape index (κ2) is 10.3. The second-order valence-electron chi connectivity index (χ2n) is 12.3. The van der Waals surface area contributed by atoms with Crippen LogP contribution in [0.4, 0.5) is 26.3 Å². The number of hydrogen-bond acceptors (Lipinski definition) is 6. The minimum Gasteiger partial charge on any atom is -0.497 e. The third-order valence-electron chi connectivity index (χ3n) is 10.0. The SMILES string of the molecule is COc1ccc2c(c1)OC1C2C2=C(c3c(oc4cc(OC)ccc34)C1(c1ccc(C#N)cc1)c1ccc(C#N)cc1)C(F)(F)C(F)(F)C2(F)F. The monoisotopic (exact) mass is 684 g/mol. The molecule has 50 heavy (non-hydrogen) atoms. The molecule has 3 aliphatic rings. The molecule has 250 valence electrons. The van der Waals surface area contributed by atoms with Gasteiger partial charge in [-0.05, 0) is 53.6 Å². The van der Waals surface area contributed by atoms with Crippen LogP contribution in [0.15, 0.2) is 94.9 Å². The molecule has 0 radical (unpaired) electrons. The normalized spacial score (nSPS) is 21.5. The lowest BCUT2D eigenvalue weighted by Crippen LogP contribution is -2.52. The molecule has 2 heterocycles. The largest absolute Gasteiger partial charge is 0.497 e. The maximum absolute atomic E-state index is 16.5. The van der Waals surface area contributed by atoms with Crippen LogP contribution in [0.5, 0.6) is 17.2 Å². The first-order valence-electron chi connectivity index (χ1n) is 15.2. The molecule has 0 amide bonds. The number of hydrogen-bond donors (Lipinski definition) is 0. The fourth-order valence-electron chi connectivity index (χ4n) is 7.74. The average molecular weight is 685 g/mol. The van der Waals surface area contributed by atoms with Crippen LogP contribution >= 0.6 is 0 Å². The summed E-state index contributed by atoms with van der Waals surface area (Å²) in [7, 11) is 2.70. The fraction of sp³-hybridized carbons (Fsp3) is 0.211. The molecule has 4 aromatic carbocycles. The van der Waals surface area contributed by atoms with Crippen molar-refractivity contribution in [3.05, 3.63) is 130 Å². The van der Waals surface area contributed by atoms with Gasteiger partial charge >= 0.3 is 17.8 Å². The third-order valence-corrected chi connectivity index (χ3v) is 10.0. The van der Waals surface area contributed by atoms with Gasteiger partial charge in [0.15, 0.2) is 0 Å². The van der Waals surface area contributed by atoms with E-state index in [0.29, 0.717) is 0 Å². The predicted octanol–water partition coefficient (Wildman–Crippen LogP) is 8.76. The Morgan fingerprint density at radius 3 is 1.82 bits per heavy atom. The number of furan rings is 1. The zero-order valence-corrected chi connectivity index (χ0v) is 26.0. The summed E-state index contributed by atoms with van der Waals surface area (Å²) in [6.07, 6.45) is -1.66. The molecular weight excluding hydrogens is 662 g/mol. The van der Waals surface area contributed by atoms with Gasteiger partial charge in [0, 0.05) is 39.8 Å². The van der Waals surface area contributed by atoms with E-state index in [9.17, 15) is 10.5 Å². The summed E-state index contributed by atoms with van der Waals surface area (Å²) in [6, 6.07) is 24.1. The number of rotatable bonds is 4. The van der Waals surface area contributed by atoms with Gasteiger partial charge in [0.2, 0.25) is 0 Å². The quantitative estimate of drug-likeness (QED) is 0.176. The Morgan fingerprint density at radius 1 is 0.700 bits per heavy atom. The van der Waals surface area contributed by atoms with E-state index in [2.05, 4.69) is 0 Å². The molecule has 0 bridgehead atoms. The first-order chi connectivity index (χ1) is 23.9. The lowest BCUT2D eigenvalue weighted by Gasteiger charge is -2.41. The van der Waals surface area contributed by atoms with Gasteiger partial charge < -0.3 is 18.6 Å². The minimum absolute atomic E-state index is 0.0423. The van der Waals surface area contributed by atoms with Crippen molar-refractivity contribution in [2.75, 3.05) is 14.2 Å². The smallest absolute Gasteiger partial charge is 0.380 e. The molecule has 0 fully saturated rings. The van der Waals surface area contributed by atoms with E-state index < -0.39 is 51.9 Å². The van der Waals surface area contributed by atoms with Crippen molar-refractivity contribution in [1.82, 2.24) is 0 Å². The van der Waals surface area contributed by atoms with E-state index in [-0.39, 0.29) is 61.8 Å². The van der Waals surface area contributed by atoms with Gasteiger partial charge in [-0.2, -0.15) is 36.9 Å². The van der Waals surface area contributed by atoms with Crippen LogP contribution in [-0.2, 0) is 5.41 Å². The molecule has 5 aromatic rings. The van der Waals surface area contributed by atoms with Gasteiger partial charge in [-0.15, -0.1) is 0 Å². The van der Waals surface area contributed by atoms with Crippen LogP contribution in [-0.4, -0.2) is 38.1 Å². The molecule has 2 aliphatic carbocycles. The van der Waals surface area contributed by atoms with E-state index in [1.54, 1.807) is 0 Å². The van der Waals surface area contributed by atoms with Crippen molar-refractivity contribution >= 4 is 16.5 Å². The summed E-state index contributed by atoms with van der Waals surface area (Å²) in [5.74, 6) is -18.4. The van der Waals surface area contributed by atoms with E-state index in [1.165, 1.54) is 99.1 Å². The van der Waals surface area contributed by atoms with Crippen LogP contribution in [0, 0.1) is 22.7 Å². The van der Waals surface area contributed by atoms with E-state index in [4.69, 9.17) is 18.6 Å². The zero-order valence-electron chi connectivity index (χ0n) is 26.0. The Hall–Kier alpha value is -5.88. The van der Waals surface area contributed by atoms with Crippen molar-refractivity contribution in [2.45, 2.75) is 35.2 Å². The van der Waals surface area contributed by atoms with E-state index in [0.717, 1.165) is 0 Å². The van der Waals surface area contributed by atoms with Crippen molar-refractivity contribution in [2.24, 2.45) is 0 Å². The number of allylic oxidation sites excluding steroid dienone is 1. The molecule has 6 nitrogen and oxygen atoms in total. The molecule has 8 rings (SSSR count). The van der Waals surface area contributed by atoms with Crippen LogP contribution in [0.25, 0.3) is 16.5 Å². The van der Waals surface area contributed by atoms with Crippen molar-refractivity contribution in [3.63, 3.8) is 0 Å². The Bertz CT molecular complexity index is 2290. The van der Waals surface area contributed by atoms with Gasteiger partial charge in [0.25, 0.3) is 0 Å². The van der Waals surface area contributed by atoms with E-state index in [1.807, 2.05) is 12.1 Å². The van der Waals surface area contributed by atoms with Crippen LogP contribution in [0.1, 0.15) is 45.1 Å². The highest BCUT2D eigenvalue weighted by Gasteiger charge is 2.83. The zero-order chi connectivity index (χ0) is 35.4. The highest BCUT2D eigenvalue weighted by molar-refractivity contribution is 6.00. The number of alkyl halides is 6. The lowest BCUT2D eigenvalue weighted by molar-refractivity contribution is -0.261. The number of halogens is 6. The Kier molecular flexibility index (Phi) is 6.48. The van der Waals surface area contributed by atoms with Crippen LogP contribution in [0.2, 0.25) is 0 Å². The maximum atomic E-state index is 16.5. The minimum atomic E-state index is -5.83. The lowest BCUT2D eigenvalue weighted by atomic mass is 9.63. The molecule has 2 atom stereocenters. The number of fused-ring (bicyclic) bond motifs is 8. The van der Waals surface area contributed by atoms with Crippen molar-refractivity contribution < 1.29 is 45.0 Å². The second-order valence-corrected chi connectivity index (χ2v) is 12.3.